The Bertz CT molecular complexity index is 1560. The lowest BCUT2D eigenvalue weighted by Gasteiger charge is -2.11. The van der Waals surface area contributed by atoms with Crippen LogP contribution in [0.5, 0.6) is 5.75 Å². The summed E-state index contributed by atoms with van der Waals surface area (Å²) >= 11 is 0. The predicted octanol–water partition coefficient (Wildman–Crippen LogP) is 7.19. The zero-order valence-electron chi connectivity index (χ0n) is 19.9. The molecule has 0 saturated heterocycles. The van der Waals surface area contributed by atoms with E-state index >= 15 is 0 Å². The van der Waals surface area contributed by atoms with Gasteiger partial charge in [-0.2, -0.15) is 0 Å². The van der Waals surface area contributed by atoms with E-state index in [1.807, 2.05) is 73.0 Å². The number of nitrogens with one attached hydrogen (secondary N) is 1. The number of anilines is 2. The molecule has 0 saturated carbocycles. The van der Waals surface area contributed by atoms with Crippen molar-refractivity contribution in [1.29, 1.82) is 0 Å². The van der Waals surface area contributed by atoms with Gasteiger partial charge in [-0.05, 0) is 69.2 Å². The summed E-state index contributed by atoms with van der Waals surface area (Å²) in [6.45, 7) is 9.26. The van der Waals surface area contributed by atoms with Crippen molar-refractivity contribution >= 4 is 33.4 Å². The second-order valence-corrected chi connectivity index (χ2v) is 8.48. The lowest BCUT2D eigenvalue weighted by atomic mass is 10.0. The second-order valence-electron chi connectivity index (χ2n) is 8.48. The maximum absolute atomic E-state index is 13.8. The minimum Gasteiger partial charge on any atom is -0.494 e. The fourth-order valence-corrected chi connectivity index (χ4v) is 4.61. The van der Waals surface area contributed by atoms with Crippen molar-refractivity contribution in [2.24, 2.45) is 0 Å². The van der Waals surface area contributed by atoms with E-state index in [4.69, 9.17) is 9.15 Å². The Morgan fingerprint density at radius 1 is 0.971 bits per heavy atom. The maximum Gasteiger partial charge on any atom is 0.262 e. The highest BCUT2D eigenvalue weighted by atomic mass is 16.5. The lowest BCUT2D eigenvalue weighted by molar-refractivity contribution is 0.340. The number of hydrogen-bond acceptors (Lipinski definition) is 4. The van der Waals surface area contributed by atoms with Gasteiger partial charge in [0.2, 0.25) is 5.88 Å². The molecule has 0 atom stereocenters. The molecule has 5 nitrogen and oxygen atoms in total. The smallest absolute Gasteiger partial charge is 0.262 e. The number of pyridine rings is 1. The molecule has 3 aromatic carbocycles. The standard InChI is InChI=1S/C29H28N2O3/c1-5-31-24-10-8-7-9-22(24)27-26(29(31)32)25(20-12-14-21(15-13-20)33-6-2)28(34-27)30-23-16-11-18(3)17-19(23)4/h7-17,30H,5-6H2,1-4H3. The average molecular weight is 453 g/mol. The number of benzene rings is 3. The van der Waals surface area contributed by atoms with Crippen LogP contribution in [0.1, 0.15) is 25.0 Å². The van der Waals surface area contributed by atoms with Crippen LogP contribution in [-0.2, 0) is 6.54 Å². The quantitative estimate of drug-likeness (QED) is 0.296. The summed E-state index contributed by atoms with van der Waals surface area (Å²) in [4.78, 5) is 13.8. The Kier molecular flexibility index (Phi) is 5.62. The molecule has 0 aliphatic heterocycles. The third kappa shape index (κ3) is 3.63. The third-order valence-electron chi connectivity index (χ3n) is 6.21. The number of rotatable bonds is 6. The molecule has 0 spiro atoms. The first kappa shape index (κ1) is 21.8. The second kappa shape index (κ2) is 8.75. The molecule has 5 rings (SSSR count). The first-order valence-corrected chi connectivity index (χ1v) is 11.7. The van der Waals surface area contributed by atoms with Gasteiger partial charge in [-0.3, -0.25) is 4.79 Å². The molecule has 1 N–H and O–H groups in total. The van der Waals surface area contributed by atoms with Crippen LogP contribution in [0, 0.1) is 13.8 Å². The van der Waals surface area contributed by atoms with Crippen LogP contribution in [0.25, 0.3) is 33.0 Å². The minimum atomic E-state index is -0.0579. The van der Waals surface area contributed by atoms with E-state index in [9.17, 15) is 4.79 Å². The molecule has 172 valence electrons. The van der Waals surface area contributed by atoms with Gasteiger partial charge >= 0.3 is 0 Å². The fraction of sp³-hybridized carbons (Fsp3) is 0.207. The van der Waals surface area contributed by atoms with Gasteiger partial charge in [0.15, 0.2) is 5.58 Å². The highest BCUT2D eigenvalue weighted by molar-refractivity contribution is 6.11. The summed E-state index contributed by atoms with van der Waals surface area (Å²) < 4.78 is 13.9. The summed E-state index contributed by atoms with van der Waals surface area (Å²) in [6, 6.07) is 22.0. The van der Waals surface area contributed by atoms with Crippen molar-refractivity contribution in [3.63, 3.8) is 0 Å². The van der Waals surface area contributed by atoms with Crippen molar-refractivity contribution in [3.8, 4) is 16.9 Å². The highest BCUT2D eigenvalue weighted by Gasteiger charge is 2.23. The topological polar surface area (TPSA) is 56.4 Å². The number of furan rings is 1. The average Bonchev–Trinajstić information content (AvgIpc) is 3.22. The van der Waals surface area contributed by atoms with Gasteiger partial charge in [0.25, 0.3) is 5.56 Å². The molecule has 2 heterocycles. The molecule has 2 aromatic heterocycles. The van der Waals surface area contributed by atoms with Gasteiger partial charge < -0.3 is 19.0 Å². The van der Waals surface area contributed by atoms with Gasteiger partial charge in [-0.15, -0.1) is 0 Å². The molecule has 5 heteroatoms. The zero-order valence-corrected chi connectivity index (χ0v) is 19.9. The van der Waals surface area contributed by atoms with Crippen molar-refractivity contribution in [3.05, 3.63) is 88.2 Å². The first-order valence-electron chi connectivity index (χ1n) is 11.7. The van der Waals surface area contributed by atoms with E-state index in [1.54, 1.807) is 0 Å². The van der Waals surface area contributed by atoms with Crippen molar-refractivity contribution in [2.45, 2.75) is 34.2 Å². The first-order chi connectivity index (χ1) is 16.5. The van der Waals surface area contributed by atoms with Crippen LogP contribution >= 0.6 is 0 Å². The van der Waals surface area contributed by atoms with Gasteiger partial charge in [-0.1, -0.05) is 42.0 Å². The van der Waals surface area contributed by atoms with E-state index < -0.39 is 0 Å². The Morgan fingerprint density at radius 2 is 1.74 bits per heavy atom. The summed E-state index contributed by atoms with van der Waals surface area (Å²) in [7, 11) is 0. The zero-order chi connectivity index (χ0) is 23.8. The van der Waals surface area contributed by atoms with Crippen LogP contribution < -0.4 is 15.6 Å². The Morgan fingerprint density at radius 3 is 2.44 bits per heavy atom. The number of aryl methyl sites for hydroxylation is 3. The summed E-state index contributed by atoms with van der Waals surface area (Å²) in [5.41, 5.74) is 6.30. The largest absolute Gasteiger partial charge is 0.494 e. The number of aromatic nitrogens is 1. The highest BCUT2D eigenvalue weighted by Crippen LogP contribution is 2.41. The van der Waals surface area contributed by atoms with Crippen molar-refractivity contribution < 1.29 is 9.15 Å². The molecule has 0 unspecified atom stereocenters. The van der Waals surface area contributed by atoms with Gasteiger partial charge in [-0.25, -0.2) is 0 Å². The lowest BCUT2D eigenvalue weighted by Crippen LogP contribution is -2.19. The predicted molar refractivity (Wildman–Crippen MR) is 139 cm³/mol. The maximum atomic E-state index is 13.8. The number of para-hydroxylation sites is 1. The summed E-state index contributed by atoms with van der Waals surface area (Å²) in [5, 5.41) is 4.98. The van der Waals surface area contributed by atoms with Gasteiger partial charge in [0.1, 0.15) is 5.75 Å². The normalized spacial score (nSPS) is 11.3. The summed E-state index contributed by atoms with van der Waals surface area (Å²) in [5.74, 6) is 1.35. The van der Waals surface area contributed by atoms with Crippen molar-refractivity contribution in [2.75, 3.05) is 11.9 Å². The molecule has 5 aromatic rings. The van der Waals surface area contributed by atoms with Crippen LogP contribution in [0.3, 0.4) is 0 Å². The number of ether oxygens (including phenoxy) is 1. The molecule has 34 heavy (non-hydrogen) atoms. The summed E-state index contributed by atoms with van der Waals surface area (Å²) in [6.07, 6.45) is 0. The van der Waals surface area contributed by atoms with E-state index in [0.29, 0.717) is 30.0 Å². The minimum absolute atomic E-state index is 0.0579. The van der Waals surface area contributed by atoms with Crippen molar-refractivity contribution in [1.82, 2.24) is 4.57 Å². The Balaban J connectivity index is 1.82. The van der Waals surface area contributed by atoms with Gasteiger partial charge in [0.05, 0.1) is 23.1 Å². The molecule has 0 bridgehead atoms. The molecular formula is C29H28N2O3. The molecule has 0 amide bonds. The third-order valence-corrected chi connectivity index (χ3v) is 6.21. The molecule has 0 aliphatic carbocycles. The number of hydrogen-bond donors (Lipinski definition) is 1. The van der Waals surface area contributed by atoms with Gasteiger partial charge in [0, 0.05) is 17.6 Å². The molecule has 0 radical (unpaired) electrons. The van der Waals surface area contributed by atoms with Crippen LogP contribution in [0.15, 0.2) is 75.9 Å². The molecule has 0 aliphatic rings. The van der Waals surface area contributed by atoms with Crippen LogP contribution in [0.2, 0.25) is 0 Å². The van der Waals surface area contributed by atoms with Crippen LogP contribution in [-0.4, -0.2) is 11.2 Å². The van der Waals surface area contributed by atoms with E-state index in [2.05, 4.69) is 31.3 Å². The monoisotopic (exact) mass is 452 g/mol. The SMILES string of the molecule is CCOc1ccc(-c2c(Nc3ccc(C)cc3C)oc3c2c(=O)n(CC)c2ccccc32)cc1. The Labute approximate surface area is 198 Å². The van der Waals surface area contributed by atoms with E-state index in [1.165, 1.54) is 5.56 Å². The fourth-order valence-electron chi connectivity index (χ4n) is 4.61. The Hall–Kier alpha value is -3.99. The van der Waals surface area contributed by atoms with E-state index in [0.717, 1.165) is 39.0 Å². The molecular weight excluding hydrogens is 424 g/mol. The van der Waals surface area contributed by atoms with Crippen LogP contribution in [0.4, 0.5) is 11.6 Å². The van der Waals surface area contributed by atoms with E-state index in [-0.39, 0.29) is 5.56 Å². The molecule has 0 fully saturated rings. The number of fused-ring (bicyclic) bond motifs is 3. The number of nitrogens with zero attached hydrogens (tertiary/aromatic N) is 1.